The van der Waals surface area contributed by atoms with Crippen molar-refractivity contribution in [3.8, 4) is 0 Å². The van der Waals surface area contributed by atoms with Gasteiger partial charge in [0.15, 0.2) is 0 Å². The van der Waals surface area contributed by atoms with Gasteiger partial charge in [-0.15, -0.1) is 0 Å². The molecule has 0 saturated carbocycles. The van der Waals surface area contributed by atoms with E-state index in [4.69, 9.17) is 0 Å². The lowest BCUT2D eigenvalue weighted by atomic mass is 9.85. The summed E-state index contributed by atoms with van der Waals surface area (Å²) in [6.07, 6.45) is 6.98. The maximum atomic E-state index is 3.73. The summed E-state index contributed by atoms with van der Waals surface area (Å²) in [5.41, 5.74) is 1.46. The maximum absolute atomic E-state index is 3.73. The molecule has 1 N–H and O–H groups in total. The van der Waals surface area contributed by atoms with E-state index in [9.17, 15) is 0 Å². The molecule has 0 aliphatic carbocycles. The van der Waals surface area contributed by atoms with Crippen LogP contribution in [0.1, 0.15) is 37.7 Å². The Balaban J connectivity index is 1.46. The molecule has 2 nitrogen and oxygen atoms in total. The molecule has 2 saturated heterocycles. The molecule has 104 valence electrons. The molecule has 2 aliphatic heterocycles. The van der Waals surface area contributed by atoms with E-state index in [1.54, 1.807) is 0 Å². The Morgan fingerprint density at radius 1 is 1.00 bits per heavy atom. The van der Waals surface area contributed by atoms with Crippen molar-refractivity contribution in [3.05, 3.63) is 35.9 Å². The molecule has 3 rings (SSSR count). The Labute approximate surface area is 117 Å². The predicted octanol–water partition coefficient (Wildman–Crippen LogP) is 3.04. The van der Waals surface area contributed by atoms with Crippen molar-refractivity contribution in [2.24, 2.45) is 5.92 Å². The fourth-order valence-electron chi connectivity index (χ4n) is 3.64. The maximum Gasteiger partial charge on any atom is 0.0233 e. The highest BCUT2D eigenvalue weighted by molar-refractivity contribution is 5.14. The molecule has 19 heavy (non-hydrogen) atoms. The van der Waals surface area contributed by atoms with Gasteiger partial charge in [-0.1, -0.05) is 36.8 Å². The second-order valence-electron chi connectivity index (χ2n) is 6.16. The van der Waals surface area contributed by atoms with E-state index < -0.39 is 0 Å². The Kier molecular flexibility index (Phi) is 4.52. The van der Waals surface area contributed by atoms with Crippen LogP contribution in [0.15, 0.2) is 30.3 Å². The van der Waals surface area contributed by atoms with Gasteiger partial charge in [0.25, 0.3) is 0 Å². The lowest BCUT2D eigenvalue weighted by Gasteiger charge is -2.38. The van der Waals surface area contributed by atoms with E-state index in [2.05, 4.69) is 40.5 Å². The molecule has 2 heteroatoms. The van der Waals surface area contributed by atoms with Gasteiger partial charge in [-0.25, -0.2) is 0 Å². The van der Waals surface area contributed by atoms with Crippen LogP contribution in [0.25, 0.3) is 0 Å². The fourth-order valence-corrected chi connectivity index (χ4v) is 3.64. The Morgan fingerprint density at radius 3 is 2.47 bits per heavy atom. The average molecular weight is 258 g/mol. The highest BCUT2D eigenvalue weighted by Crippen LogP contribution is 2.26. The highest BCUT2D eigenvalue weighted by Gasteiger charge is 2.27. The molecule has 0 bridgehead atoms. The van der Waals surface area contributed by atoms with Crippen LogP contribution in [-0.2, 0) is 6.54 Å². The normalized spacial score (nSPS) is 26.4. The molecular formula is C17H26N2. The Hall–Kier alpha value is -0.860. The number of likely N-dealkylation sites (tertiary alicyclic amines) is 1. The Bertz CT molecular complexity index is 362. The van der Waals surface area contributed by atoms with Gasteiger partial charge < -0.3 is 5.32 Å². The average Bonchev–Trinajstić information content (AvgIpc) is 2.50. The second kappa shape index (κ2) is 6.53. The lowest BCUT2D eigenvalue weighted by molar-refractivity contribution is 0.142. The van der Waals surface area contributed by atoms with Gasteiger partial charge in [-0.05, 0) is 56.8 Å². The summed E-state index contributed by atoms with van der Waals surface area (Å²) in [5.74, 6) is 0.923. The van der Waals surface area contributed by atoms with E-state index >= 15 is 0 Å². The molecule has 2 heterocycles. The largest absolute Gasteiger partial charge is 0.314 e. The molecule has 2 aliphatic rings. The Morgan fingerprint density at radius 2 is 1.79 bits per heavy atom. The minimum absolute atomic E-state index is 0.813. The number of rotatable bonds is 3. The zero-order valence-corrected chi connectivity index (χ0v) is 11.9. The summed E-state index contributed by atoms with van der Waals surface area (Å²) in [4.78, 5) is 2.62. The van der Waals surface area contributed by atoms with E-state index in [-0.39, 0.29) is 0 Å². The first-order valence-corrected chi connectivity index (χ1v) is 7.91. The first kappa shape index (κ1) is 13.1. The molecular weight excluding hydrogens is 232 g/mol. The number of nitrogens with zero attached hydrogens (tertiary/aromatic N) is 1. The van der Waals surface area contributed by atoms with Gasteiger partial charge in [0.2, 0.25) is 0 Å². The summed E-state index contributed by atoms with van der Waals surface area (Å²) in [6, 6.07) is 11.7. The predicted molar refractivity (Wildman–Crippen MR) is 80.1 cm³/mol. The van der Waals surface area contributed by atoms with Crippen LogP contribution >= 0.6 is 0 Å². The molecule has 0 aromatic heterocycles. The topological polar surface area (TPSA) is 15.3 Å². The number of nitrogens with one attached hydrogen (secondary N) is 1. The number of hydrogen-bond donors (Lipinski definition) is 1. The van der Waals surface area contributed by atoms with Gasteiger partial charge in [0.05, 0.1) is 0 Å². The van der Waals surface area contributed by atoms with E-state index in [0.29, 0.717) is 0 Å². The first-order chi connectivity index (χ1) is 9.42. The monoisotopic (exact) mass is 258 g/mol. The molecule has 0 amide bonds. The number of hydrogen-bond acceptors (Lipinski definition) is 2. The first-order valence-electron chi connectivity index (χ1n) is 7.91. The second-order valence-corrected chi connectivity index (χ2v) is 6.16. The van der Waals surface area contributed by atoms with Gasteiger partial charge in [-0.3, -0.25) is 4.90 Å². The molecule has 2 fully saturated rings. The summed E-state index contributed by atoms with van der Waals surface area (Å²) in [5, 5.41) is 3.73. The summed E-state index contributed by atoms with van der Waals surface area (Å²) in [7, 11) is 0. The molecule has 1 aromatic rings. The van der Waals surface area contributed by atoms with Crippen LogP contribution in [0.3, 0.4) is 0 Å². The SMILES string of the molecule is c1ccc(CN2CCC(C3CCCCN3)CC2)cc1. The molecule has 0 spiro atoms. The van der Waals surface area contributed by atoms with Crippen molar-refractivity contribution in [2.75, 3.05) is 19.6 Å². The molecule has 1 unspecified atom stereocenters. The van der Waals surface area contributed by atoms with Crippen LogP contribution < -0.4 is 5.32 Å². The van der Waals surface area contributed by atoms with E-state index in [1.165, 1.54) is 57.3 Å². The summed E-state index contributed by atoms with van der Waals surface area (Å²) in [6.45, 7) is 4.93. The van der Waals surface area contributed by atoms with Crippen molar-refractivity contribution in [1.82, 2.24) is 10.2 Å². The van der Waals surface area contributed by atoms with E-state index in [0.717, 1.165) is 18.5 Å². The quantitative estimate of drug-likeness (QED) is 0.896. The summed E-state index contributed by atoms with van der Waals surface area (Å²) >= 11 is 0. The molecule has 0 radical (unpaired) electrons. The standard InChI is InChI=1S/C17H26N2/c1-2-6-15(7-3-1)14-19-12-9-16(10-13-19)17-8-4-5-11-18-17/h1-3,6-7,16-18H,4-5,8-14H2. The van der Waals surface area contributed by atoms with Crippen LogP contribution in [0, 0.1) is 5.92 Å². The van der Waals surface area contributed by atoms with Crippen LogP contribution in [0.4, 0.5) is 0 Å². The highest BCUT2D eigenvalue weighted by atomic mass is 15.1. The minimum Gasteiger partial charge on any atom is -0.314 e. The lowest BCUT2D eigenvalue weighted by Crippen LogP contribution is -2.45. The van der Waals surface area contributed by atoms with Crippen LogP contribution in [0.2, 0.25) is 0 Å². The van der Waals surface area contributed by atoms with Crippen LogP contribution in [0.5, 0.6) is 0 Å². The molecule has 1 atom stereocenters. The van der Waals surface area contributed by atoms with E-state index in [1.807, 2.05) is 0 Å². The molecule has 1 aromatic carbocycles. The van der Waals surface area contributed by atoms with Crippen LogP contribution in [-0.4, -0.2) is 30.6 Å². The zero-order chi connectivity index (χ0) is 12.9. The van der Waals surface area contributed by atoms with Crippen molar-refractivity contribution < 1.29 is 0 Å². The number of benzene rings is 1. The third kappa shape index (κ3) is 3.58. The van der Waals surface area contributed by atoms with Crippen molar-refractivity contribution in [2.45, 2.75) is 44.7 Å². The smallest absolute Gasteiger partial charge is 0.0233 e. The van der Waals surface area contributed by atoms with Crippen molar-refractivity contribution in [3.63, 3.8) is 0 Å². The van der Waals surface area contributed by atoms with Crippen molar-refractivity contribution in [1.29, 1.82) is 0 Å². The van der Waals surface area contributed by atoms with Gasteiger partial charge in [0, 0.05) is 12.6 Å². The minimum atomic E-state index is 0.813. The van der Waals surface area contributed by atoms with Crippen molar-refractivity contribution >= 4 is 0 Å². The van der Waals surface area contributed by atoms with Gasteiger partial charge in [0.1, 0.15) is 0 Å². The third-order valence-corrected chi connectivity index (χ3v) is 4.80. The zero-order valence-electron chi connectivity index (χ0n) is 11.9. The third-order valence-electron chi connectivity index (χ3n) is 4.80. The fraction of sp³-hybridized carbons (Fsp3) is 0.647. The number of piperidine rings is 2. The van der Waals surface area contributed by atoms with Gasteiger partial charge in [-0.2, -0.15) is 0 Å². The summed E-state index contributed by atoms with van der Waals surface area (Å²) < 4.78 is 0. The van der Waals surface area contributed by atoms with Gasteiger partial charge >= 0.3 is 0 Å².